The van der Waals surface area contributed by atoms with Gasteiger partial charge < -0.3 is 9.80 Å². The molecule has 0 spiro atoms. The van der Waals surface area contributed by atoms with E-state index in [-0.39, 0.29) is 0 Å². The van der Waals surface area contributed by atoms with E-state index in [1.807, 2.05) is 5.38 Å². The molecule has 1 heterocycles. The lowest BCUT2D eigenvalue weighted by Crippen LogP contribution is -2.32. The molecule has 0 unspecified atom stereocenters. The van der Waals surface area contributed by atoms with Crippen molar-refractivity contribution in [2.24, 2.45) is 0 Å². The van der Waals surface area contributed by atoms with E-state index in [9.17, 15) is 0 Å². The molecule has 0 saturated heterocycles. The van der Waals surface area contributed by atoms with Crippen LogP contribution in [0.2, 0.25) is 5.15 Å². The molecule has 0 aliphatic heterocycles. The van der Waals surface area contributed by atoms with Crippen molar-refractivity contribution in [1.82, 2.24) is 9.88 Å². The molecule has 0 fully saturated rings. The molecule has 1 aromatic heterocycles. The smallest absolute Gasteiger partial charge is 0.186 e. The van der Waals surface area contributed by atoms with Gasteiger partial charge in [0.1, 0.15) is 5.15 Å². The Balaban J connectivity index is 2.57. The Labute approximate surface area is 101 Å². The average molecular weight is 248 g/mol. The molecule has 0 aromatic carbocycles. The number of aromatic nitrogens is 1. The first-order valence-corrected chi connectivity index (χ1v) is 6.40. The van der Waals surface area contributed by atoms with Gasteiger partial charge in [-0.05, 0) is 20.5 Å². The quantitative estimate of drug-likeness (QED) is 0.770. The number of thiazole rings is 1. The second-order valence-electron chi connectivity index (χ2n) is 3.74. The summed E-state index contributed by atoms with van der Waals surface area (Å²) in [6, 6.07) is 0. The summed E-state index contributed by atoms with van der Waals surface area (Å²) < 4.78 is 0. The minimum Gasteiger partial charge on any atom is -0.347 e. The molecule has 5 heteroatoms. The fourth-order valence-electron chi connectivity index (χ4n) is 1.28. The van der Waals surface area contributed by atoms with E-state index in [0.29, 0.717) is 5.15 Å². The molecule has 3 nitrogen and oxygen atoms in total. The summed E-state index contributed by atoms with van der Waals surface area (Å²) in [5, 5.41) is 3.51. The Hall–Kier alpha value is -0.320. The fourth-order valence-corrected chi connectivity index (χ4v) is 2.29. The Morgan fingerprint density at radius 1 is 1.33 bits per heavy atom. The SMILES string of the molecule is CCCN(CCN(C)C)c1nc(Cl)cs1. The number of halogens is 1. The van der Waals surface area contributed by atoms with E-state index in [2.05, 4.69) is 35.8 Å². The molecule has 0 aliphatic rings. The largest absolute Gasteiger partial charge is 0.347 e. The van der Waals surface area contributed by atoms with Crippen LogP contribution in [0.5, 0.6) is 0 Å². The first-order chi connectivity index (χ1) is 7.13. The topological polar surface area (TPSA) is 19.4 Å². The van der Waals surface area contributed by atoms with Gasteiger partial charge in [0.25, 0.3) is 0 Å². The van der Waals surface area contributed by atoms with Crippen molar-refractivity contribution >= 4 is 28.1 Å². The van der Waals surface area contributed by atoms with Gasteiger partial charge >= 0.3 is 0 Å². The highest BCUT2D eigenvalue weighted by atomic mass is 35.5. The third kappa shape index (κ3) is 4.36. The van der Waals surface area contributed by atoms with Gasteiger partial charge in [-0.3, -0.25) is 0 Å². The van der Waals surface area contributed by atoms with E-state index in [0.717, 1.165) is 31.2 Å². The number of rotatable bonds is 6. The predicted molar refractivity (Wildman–Crippen MR) is 68.2 cm³/mol. The maximum absolute atomic E-state index is 5.83. The van der Waals surface area contributed by atoms with Crippen molar-refractivity contribution in [3.63, 3.8) is 0 Å². The lowest BCUT2D eigenvalue weighted by Gasteiger charge is -2.22. The minimum atomic E-state index is 0.598. The molecule has 0 aliphatic carbocycles. The predicted octanol–water partition coefficient (Wildman–Crippen LogP) is 2.57. The van der Waals surface area contributed by atoms with Crippen molar-refractivity contribution in [1.29, 1.82) is 0 Å². The third-order valence-electron chi connectivity index (χ3n) is 2.05. The monoisotopic (exact) mass is 247 g/mol. The van der Waals surface area contributed by atoms with Gasteiger partial charge in [-0.2, -0.15) is 0 Å². The minimum absolute atomic E-state index is 0.598. The molecular weight excluding hydrogens is 230 g/mol. The Kier molecular flexibility index (Phi) is 5.36. The normalized spacial score (nSPS) is 11.0. The summed E-state index contributed by atoms with van der Waals surface area (Å²) in [6.07, 6.45) is 1.13. The molecule has 1 rings (SSSR count). The van der Waals surface area contributed by atoms with Gasteiger partial charge in [0, 0.05) is 25.0 Å². The van der Waals surface area contributed by atoms with Gasteiger partial charge in [0.2, 0.25) is 0 Å². The van der Waals surface area contributed by atoms with Crippen LogP contribution in [0.1, 0.15) is 13.3 Å². The zero-order valence-corrected chi connectivity index (χ0v) is 11.1. The van der Waals surface area contributed by atoms with Crippen molar-refractivity contribution in [3.05, 3.63) is 10.5 Å². The molecule has 15 heavy (non-hydrogen) atoms. The summed E-state index contributed by atoms with van der Waals surface area (Å²) in [4.78, 5) is 8.77. The van der Waals surface area contributed by atoms with E-state index < -0.39 is 0 Å². The zero-order valence-electron chi connectivity index (χ0n) is 9.53. The summed E-state index contributed by atoms with van der Waals surface area (Å²) >= 11 is 7.44. The molecule has 0 bridgehead atoms. The molecule has 0 N–H and O–H groups in total. The number of anilines is 1. The van der Waals surface area contributed by atoms with Crippen LogP contribution in [0.25, 0.3) is 0 Å². The van der Waals surface area contributed by atoms with Crippen LogP contribution in [0.15, 0.2) is 5.38 Å². The van der Waals surface area contributed by atoms with Crippen LogP contribution in [-0.2, 0) is 0 Å². The van der Waals surface area contributed by atoms with E-state index in [4.69, 9.17) is 11.6 Å². The maximum Gasteiger partial charge on any atom is 0.186 e. The highest BCUT2D eigenvalue weighted by molar-refractivity contribution is 7.14. The highest BCUT2D eigenvalue weighted by Crippen LogP contribution is 2.23. The number of nitrogens with zero attached hydrogens (tertiary/aromatic N) is 3. The van der Waals surface area contributed by atoms with Gasteiger partial charge in [0.15, 0.2) is 5.13 Å². The number of likely N-dealkylation sites (N-methyl/N-ethyl adjacent to an activating group) is 1. The molecule has 86 valence electrons. The molecule has 0 saturated carbocycles. The summed E-state index contributed by atoms with van der Waals surface area (Å²) in [6.45, 7) is 5.26. The molecule has 1 aromatic rings. The van der Waals surface area contributed by atoms with Crippen LogP contribution < -0.4 is 4.90 Å². The summed E-state index contributed by atoms with van der Waals surface area (Å²) in [7, 11) is 4.16. The Bertz CT molecular complexity index is 288. The van der Waals surface area contributed by atoms with Crippen molar-refractivity contribution < 1.29 is 0 Å². The molecular formula is C10H18ClN3S. The first kappa shape index (κ1) is 12.7. The van der Waals surface area contributed by atoms with Gasteiger partial charge in [0.05, 0.1) is 0 Å². The van der Waals surface area contributed by atoms with Crippen LogP contribution in [0.4, 0.5) is 5.13 Å². The van der Waals surface area contributed by atoms with Gasteiger partial charge in [-0.15, -0.1) is 11.3 Å². The van der Waals surface area contributed by atoms with Crippen LogP contribution in [0.3, 0.4) is 0 Å². The summed E-state index contributed by atoms with van der Waals surface area (Å²) in [5.41, 5.74) is 0. The van der Waals surface area contributed by atoms with Crippen LogP contribution in [-0.4, -0.2) is 43.6 Å². The highest BCUT2D eigenvalue weighted by Gasteiger charge is 2.09. The number of hydrogen-bond acceptors (Lipinski definition) is 4. The molecule has 0 amide bonds. The molecule has 0 radical (unpaired) electrons. The maximum atomic E-state index is 5.83. The Morgan fingerprint density at radius 3 is 2.53 bits per heavy atom. The van der Waals surface area contributed by atoms with E-state index in [1.165, 1.54) is 0 Å². The van der Waals surface area contributed by atoms with Crippen LogP contribution in [0, 0.1) is 0 Å². The standard InChI is InChI=1S/C10H18ClN3S/c1-4-5-14(7-6-13(2)3)10-12-9(11)8-15-10/h8H,4-7H2,1-3H3. The van der Waals surface area contributed by atoms with Crippen molar-refractivity contribution in [2.45, 2.75) is 13.3 Å². The van der Waals surface area contributed by atoms with Crippen molar-refractivity contribution in [3.8, 4) is 0 Å². The fraction of sp³-hybridized carbons (Fsp3) is 0.700. The third-order valence-corrected chi connectivity index (χ3v) is 3.27. The van der Waals surface area contributed by atoms with Gasteiger partial charge in [-0.25, -0.2) is 4.98 Å². The summed E-state index contributed by atoms with van der Waals surface area (Å²) in [5.74, 6) is 0. The van der Waals surface area contributed by atoms with Gasteiger partial charge in [-0.1, -0.05) is 18.5 Å². The zero-order chi connectivity index (χ0) is 11.3. The second kappa shape index (κ2) is 6.30. The second-order valence-corrected chi connectivity index (χ2v) is 4.97. The van der Waals surface area contributed by atoms with E-state index in [1.54, 1.807) is 11.3 Å². The number of hydrogen-bond donors (Lipinski definition) is 0. The Morgan fingerprint density at radius 2 is 2.07 bits per heavy atom. The lowest BCUT2D eigenvalue weighted by atomic mass is 10.4. The average Bonchev–Trinajstić information content (AvgIpc) is 2.59. The van der Waals surface area contributed by atoms with E-state index >= 15 is 0 Å². The van der Waals surface area contributed by atoms with Crippen molar-refractivity contribution in [2.75, 3.05) is 38.6 Å². The lowest BCUT2D eigenvalue weighted by molar-refractivity contribution is 0.413. The van der Waals surface area contributed by atoms with Crippen LogP contribution >= 0.6 is 22.9 Å². The molecule has 0 atom stereocenters. The first-order valence-electron chi connectivity index (χ1n) is 5.14.